The minimum Gasteiger partial charge on any atom is -0.463 e. The fourth-order valence-electron chi connectivity index (χ4n) is 0.546. The predicted molar refractivity (Wildman–Crippen MR) is 50.3 cm³/mol. The fourth-order valence-corrected chi connectivity index (χ4v) is 0.848. The highest BCUT2D eigenvalue weighted by Gasteiger charge is 2.08. The van der Waals surface area contributed by atoms with Gasteiger partial charge < -0.3 is 9.47 Å². The number of esters is 2. The van der Waals surface area contributed by atoms with Gasteiger partial charge >= 0.3 is 11.9 Å². The van der Waals surface area contributed by atoms with Crippen LogP contribution in [0, 0.1) is 0 Å². The molecule has 0 bridgehead atoms. The zero-order valence-electron chi connectivity index (χ0n) is 7.50. The molecule has 13 heavy (non-hydrogen) atoms. The maximum atomic E-state index is 10.9. The summed E-state index contributed by atoms with van der Waals surface area (Å²) < 4.78 is 9.27. The molecule has 0 saturated heterocycles. The van der Waals surface area contributed by atoms with Gasteiger partial charge in [0.2, 0.25) is 0 Å². The summed E-state index contributed by atoms with van der Waals surface area (Å²) in [5.41, 5.74) is 0. The van der Waals surface area contributed by atoms with E-state index in [0.29, 0.717) is 0 Å². The van der Waals surface area contributed by atoms with Crippen LogP contribution in [0.4, 0.5) is 0 Å². The Balaban J connectivity index is 4.14. The fraction of sp³-hybridized carbons (Fsp3) is 0.500. The number of halogens is 1. The SMILES string of the molecule is CCOC(=O)/C=C(/Br)C(=O)OCC. The number of ether oxygens (including phenoxy) is 2. The Morgan fingerprint density at radius 2 is 1.77 bits per heavy atom. The molecule has 0 rings (SSSR count). The first-order chi connectivity index (χ1) is 6.11. The topological polar surface area (TPSA) is 52.6 Å². The van der Waals surface area contributed by atoms with Crippen molar-refractivity contribution in [1.29, 1.82) is 0 Å². The Kier molecular flexibility index (Phi) is 6.22. The van der Waals surface area contributed by atoms with Gasteiger partial charge in [-0.05, 0) is 29.8 Å². The minimum atomic E-state index is -0.574. The number of hydrogen-bond acceptors (Lipinski definition) is 4. The molecule has 0 N–H and O–H groups in total. The van der Waals surface area contributed by atoms with E-state index < -0.39 is 11.9 Å². The first-order valence-corrected chi connectivity index (χ1v) is 4.62. The molecule has 0 amide bonds. The largest absolute Gasteiger partial charge is 0.463 e. The summed E-state index contributed by atoms with van der Waals surface area (Å²) in [7, 11) is 0. The van der Waals surface area contributed by atoms with Gasteiger partial charge in [0, 0.05) is 6.08 Å². The normalized spacial score (nSPS) is 10.8. The molecule has 74 valence electrons. The molecule has 0 aromatic rings. The van der Waals surface area contributed by atoms with E-state index in [1.807, 2.05) is 0 Å². The van der Waals surface area contributed by atoms with Crippen molar-refractivity contribution < 1.29 is 19.1 Å². The van der Waals surface area contributed by atoms with Crippen LogP contribution in [0.2, 0.25) is 0 Å². The van der Waals surface area contributed by atoms with Crippen LogP contribution in [0.25, 0.3) is 0 Å². The van der Waals surface area contributed by atoms with E-state index >= 15 is 0 Å². The Morgan fingerprint density at radius 1 is 1.23 bits per heavy atom. The van der Waals surface area contributed by atoms with E-state index in [1.54, 1.807) is 13.8 Å². The summed E-state index contributed by atoms with van der Waals surface area (Å²) >= 11 is 2.90. The van der Waals surface area contributed by atoms with Crippen molar-refractivity contribution in [3.63, 3.8) is 0 Å². The highest BCUT2D eigenvalue weighted by Crippen LogP contribution is 2.07. The van der Waals surface area contributed by atoms with Crippen molar-refractivity contribution in [2.75, 3.05) is 13.2 Å². The molecule has 0 atom stereocenters. The third kappa shape index (κ3) is 5.41. The van der Waals surface area contributed by atoms with E-state index in [-0.39, 0.29) is 17.7 Å². The third-order valence-electron chi connectivity index (χ3n) is 1.00. The van der Waals surface area contributed by atoms with Crippen LogP contribution < -0.4 is 0 Å². The van der Waals surface area contributed by atoms with Crippen LogP contribution in [-0.2, 0) is 19.1 Å². The summed E-state index contributed by atoms with van der Waals surface area (Å²) in [6.45, 7) is 3.91. The lowest BCUT2D eigenvalue weighted by molar-refractivity contribution is -0.140. The Labute approximate surface area is 85.0 Å². The maximum absolute atomic E-state index is 10.9. The van der Waals surface area contributed by atoms with Gasteiger partial charge in [0.1, 0.15) is 4.48 Å². The summed E-state index contributed by atoms with van der Waals surface area (Å²) in [6, 6.07) is 0. The molecule has 0 aliphatic rings. The van der Waals surface area contributed by atoms with Crippen molar-refractivity contribution in [1.82, 2.24) is 0 Å². The van der Waals surface area contributed by atoms with Crippen molar-refractivity contribution in [2.24, 2.45) is 0 Å². The van der Waals surface area contributed by atoms with E-state index in [9.17, 15) is 9.59 Å². The van der Waals surface area contributed by atoms with Crippen LogP contribution in [0.15, 0.2) is 10.6 Å². The van der Waals surface area contributed by atoms with Gasteiger partial charge in [-0.15, -0.1) is 0 Å². The molecule has 0 fully saturated rings. The lowest BCUT2D eigenvalue weighted by atomic mass is 10.5. The second-order valence-electron chi connectivity index (χ2n) is 1.96. The van der Waals surface area contributed by atoms with E-state index in [4.69, 9.17) is 0 Å². The first-order valence-electron chi connectivity index (χ1n) is 3.82. The Morgan fingerprint density at radius 3 is 2.23 bits per heavy atom. The smallest absolute Gasteiger partial charge is 0.345 e. The van der Waals surface area contributed by atoms with Crippen LogP contribution in [0.5, 0.6) is 0 Å². The van der Waals surface area contributed by atoms with Crippen LogP contribution in [0.1, 0.15) is 13.8 Å². The number of hydrogen-bond donors (Lipinski definition) is 0. The average molecular weight is 251 g/mol. The van der Waals surface area contributed by atoms with Crippen LogP contribution in [-0.4, -0.2) is 25.2 Å². The molecule has 0 heterocycles. The molecular weight excluding hydrogens is 240 g/mol. The van der Waals surface area contributed by atoms with Gasteiger partial charge in [-0.2, -0.15) is 0 Å². The molecule has 0 aliphatic heterocycles. The molecule has 0 aliphatic carbocycles. The highest BCUT2D eigenvalue weighted by atomic mass is 79.9. The zero-order valence-corrected chi connectivity index (χ0v) is 9.09. The van der Waals surface area contributed by atoms with Crippen LogP contribution in [0.3, 0.4) is 0 Å². The van der Waals surface area contributed by atoms with Crippen molar-refractivity contribution >= 4 is 27.9 Å². The third-order valence-corrected chi connectivity index (χ3v) is 1.55. The van der Waals surface area contributed by atoms with Gasteiger partial charge in [0.25, 0.3) is 0 Å². The summed E-state index contributed by atoms with van der Waals surface area (Å²) in [6.07, 6.45) is 1.04. The van der Waals surface area contributed by atoms with Gasteiger partial charge in [0.15, 0.2) is 0 Å². The molecule has 5 heteroatoms. The highest BCUT2D eigenvalue weighted by molar-refractivity contribution is 9.12. The quantitative estimate of drug-likeness (QED) is 0.559. The summed E-state index contributed by atoms with van der Waals surface area (Å²) in [5.74, 6) is -1.14. The molecule has 0 unspecified atom stereocenters. The van der Waals surface area contributed by atoms with Gasteiger partial charge in [0.05, 0.1) is 13.2 Å². The molecular formula is C8H11BrO4. The maximum Gasteiger partial charge on any atom is 0.345 e. The van der Waals surface area contributed by atoms with Gasteiger partial charge in [-0.25, -0.2) is 9.59 Å². The molecule has 0 saturated carbocycles. The van der Waals surface area contributed by atoms with Gasteiger partial charge in [-0.1, -0.05) is 0 Å². The van der Waals surface area contributed by atoms with Gasteiger partial charge in [-0.3, -0.25) is 0 Å². The Hall–Kier alpha value is -0.840. The number of rotatable bonds is 4. The average Bonchev–Trinajstić information content (AvgIpc) is 2.05. The second kappa shape index (κ2) is 6.65. The number of carbonyl (C=O) groups excluding carboxylic acids is 2. The summed E-state index contributed by atoms with van der Waals surface area (Å²) in [4.78, 5) is 21.8. The zero-order chi connectivity index (χ0) is 10.3. The molecule has 0 spiro atoms. The van der Waals surface area contributed by atoms with Crippen molar-refractivity contribution in [2.45, 2.75) is 13.8 Å². The second-order valence-corrected chi connectivity index (χ2v) is 2.82. The Bertz CT molecular complexity index is 222. The van der Waals surface area contributed by atoms with Crippen LogP contribution >= 0.6 is 15.9 Å². The van der Waals surface area contributed by atoms with E-state index in [0.717, 1.165) is 6.08 Å². The first kappa shape index (κ1) is 12.2. The predicted octanol–water partition coefficient (Wildman–Crippen LogP) is 1.39. The van der Waals surface area contributed by atoms with E-state index in [2.05, 4.69) is 25.4 Å². The summed E-state index contributed by atoms with van der Waals surface area (Å²) in [5, 5.41) is 0. The lowest BCUT2D eigenvalue weighted by Crippen LogP contribution is -2.07. The van der Waals surface area contributed by atoms with Crippen molar-refractivity contribution in [3.8, 4) is 0 Å². The monoisotopic (exact) mass is 250 g/mol. The molecule has 0 aromatic heterocycles. The number of carbonyl (C=O) groups is 2. The molecule has 0 radical (unpaired) electrons. The van der Waals surface area contributed by atoms with Crippen molar-refractivity contribution in [3.05, 3.63) is 10.6 Å². The van der Waals surface area contributed by atoms with E-state index in [1.165, 1.54) is 0 Å². The standard InChI is InChI=1S/C8H11BrO4/c1-3-12-7(10)5-6(9)8(11)13-4-2/h5H,3-4H2,1-2H3/b6-5+. The minimum absolute atomic E-state index is 0.0628. The lowest BCUT2D eigenvalue weighted by Gasteiger charge is -1.99. The molecule has 0 aromatic carbocycles. The molecule has 4 nitrogen and oxygen atoms in total.